The molecule has 20 heavy (non-hydrogen) atoms. The molecule has 4 nitrogen and oxygen atoms in total. The average molecular weight is 299 g/mol. The molecular formula is C12H8F3N3OS. The highest BCUT2D eigenvalue weighted by molar-refractivity contribution is 7.80. The van der Waals surface area contributed by atoms with Crippen LogP contribution in [0.15, 0.2) is 36.7 Å². The van der Waals surface area contributed by atoms with Gasteiger partial charge < -0.3 is 10.5 Å². The number of thiocarbonyl (C=S) groups is 1. The standard InChI is InChI=1S/C12H8F3N3OS/c13-12(14,15)7-3-1-2-4-9(7)19-10-6-17-8(5-18-10)11(16)20/h1-6H,(H2,16,20). The van der Waals surface area contributed by atoms with Crippen LogP contribution in [-0.2, 0) is 6.18 Å². The van der Waals surface area contributed by atoms with Crippen LogP contribution in [0.3, 0.4) is 0 Å². The van der Waals surface area contributed by atoms with Crippen molar-refractivity contribution in [3.8, 4) is 11.6 Å². The summed E-state index contributed by atoms with van der Waals surface area (Å²) < 4.78 is 43.4. The summed E-state index contributed by atoms with van der Waals surface area (Å²) in [5, 5.41) is 0. The van der Waals surface area contributed by atoms with Crippen molar-refractivity contribution in [2.75, 3.05) is 0 Å². The smallest absolute Gasteiger partial charge is 0.419 e. The lowest BCUT2D eigenvalue weighted by molar-refractivity contribution is -0.138. The van der Waals surface area contributed by atoms with E-state index in [1.165, 1.54) is 24.4 Å². The first-order chi connectivity index (χ1) is 9.38. The summed E-state index contributed by atoms with van der Waals surface area (Å²) in [6, 6.07) is 4.83. The van der Waals surface area contributed by atoms with Gasteiger partial charge in [0.2, 0.25) is 5.88 Å². The van der Waals surface area contributed by atoms with E-state index in [-0.39, 0.29) is 22.3 Å². The molecular weight excluding hydrogens is 291 g/mol. The van der Waals surface area contributed by atoms with Crippen LogP contribution in [0, 0.1) is 0 Å². The summed E-state index contributed by atoms with van der Waals surface area (Å²) in [5.74, 6) is -0.431. The topological polar surface area (TPSA) is 61.0 Å². The van der Waals surface area contributed by atoms with Gasteiger partial charge in [-0.25, -0.2) is 9.97 Å². The first-order valence-corrected chi connectivity index (χ1v) is 5.74. The van der Waals surface area contributed by atoms with E-state index in [4.69, 9.17) is 22.7 Å². The number of para-hydroxylation sites is 1. The van der Waals surface area contributed by atoms with Gasteiger partial charge in [0, 0.05) is 0 Å². The number of nitrogens with zero attached hydrogens (tertiary/aromatic N) is 2. The van der Waals surface area contributed by atoms with Gasteiger partial charge in [-0.15, -0.1) is 0 Å². The van der Waals surface area contributed by atoms with E-state index in [9.17, 15) is 13.2 Å². The molecule has 2 N–H and O–H groups in total. The molecule has 2 rings (SSSR count). The van der Waals surface area contributed by atoms with Crippen molar-refractivity contribution < 1.29 is 17.9 Å². The maximum absolute atomic E-state index is 12.8. The number of hydrogen-bond donors (Lipinski definition) is 1. The Morgan fingerprint density at radius 1 is 1.15 bits per heavy atom. The molecule has 0 aliphatic carbocycles. The molecule has 0 unspecified atom stereocenters. The van der Waals surface area contributed by atoms with E-state index in [0.717, 1.165) is 12.3 Å². The van der Waals surface area contributed by atoms with Crippen LogP contribution in [0.4, 0.5) is 13.2 Å². The van der Waals surface area contributed by atoms with Gasteiger partial charge >= 0.3 is 6.18 Å². The van der Waals surface area contributed by atoms with Crippen molar-refractivity contribution in [3.63, 3.8) is 0 Å². The normalized spacial score (nSPS) is 11.2. The Kier molecular flexibility index (Phi) is 3.84. The van der Waals surface area contributed by atoms with Crippen molar-refractivity contribution in [1.29, 1.82) is 0 Å². The Balaban J connectivity index is 2.28. The summed E-state index contributed by atoms with van der Waals surface area (Å²) in [6.07, 6.45) is -2.13. The van der Waals surface area contributed by atoms with Gasteiger partial charge in [-0.1, -0.05) is 24.4 Å². The maximum Gasteiger partial charge on any atom is 0.419 e. The molecule has 0 spiro atoms. The molecule has 0 bridgehead atoms. The zero-order valence-corrected chi connectivity index (χ0v) is 10.7. The fourth-order valence-corrected chi connectivity index (χ4v) is 1.50. The molecule has 0 amide bonds. The first-order valence-electron chi connectivity index (χ1n) is 5.34. The molecule has 8 heteroatoms. The molecule has 2 aromatic rings. The highest BCUT2D eigenvalue weighted by Crippen LogP contribution is 2.37. The molecule has 0 aliphatic heterocycles. The molecule has 0 fully saturated rings. The van der Waals surface area contributed by atoms with E-state index in [0.29, 0.717) is 0 Å². The molecule has 0 radical (unpaired) electrons. The number of ether oxygens (including phenoxy) is 1. The van der Waals surface area contributed by atoms with Gasteiger partial charge in [-0.3, -0.25) is 0 Å². The predicted molar refractivity (Wildman–Crippen MR) is 69.4 cm³/mol. The van der Waals surface area contributed by atoms with Gasteiger partial charge in [0.15, 0.2) is 0 Å². The molecule has 1 aromatic carbocycles. The highest BCUT2D eigenvalue weighted by Gasteiger charge is 2.34. The monoisotopic (exact) mass is 299 g/mol. The third kappa shape index (κ3) is 3.21. The second-order valence-corrected chi connectivity index (χ2v) is 4.14. The van der Waals surface area contributed by atoms with E-state index < -0.39 is 11.7 Å². The summed E-state index contributed by atoms with van der Waals surface area (Å²) >= 11 is 4.69. The van der Waals surface area contributed by atoms with Gasteiger partial charge in [0.05, 0.1) is 18.0 Å². The van der Waals surface area contributed by atoms with Crippen LogP contribution < -0.4 is 10.5 Å². The minimum absolute atomic E-state index is 0.0414. The predicted octanol–water partition coefficient (Wildman–Crippen LogP) is 2.92. The average Bonchev–Trinajstić information content (AvgIpc) is 2.38. The number of halogens is 3. The minimum atomic E-state index is -4.51. The first kappa shape index (κ1) is 14.2. The number of rotatable bonds is 3. The zero-order chi connectivity index (χ0) is 14.8. The van der Waals surface area contributed by atoms with Crippen molar-refractivity contribution in [2.45, 2.75) is 6.18 Å². The molecule has 0 saturated carbocycles. The summed E-state index contributed by atoms with van der Waals surface area (Å²) in [4.78, 5) is 7.67. The van der Waals surface area contributed by atoms with E-state index >= 15 is 0 Å². The minimum Gasteiger partial charge on any atom is -0.437 e. The highest BCUT2D eigenvalue weighted by atomic mass is 32.1. The Morgan fingerprint density at radius 2 is 1.85 bits per heavy atom. The maximum atomic E-state index is 12.8. The third-order valence-corrected chi connectivity index (χ3v) is 2.50. The van der Waals surface area contributed by atoms with Crippen LogP contribution in [-0.4, -0.2) is 15.0 Å². The van der Waals surface area contributed by atoms with Crippen LogP contribution in [0.25, 0.3) is 0 Å². The zero-order valence-electron chi connectivity index (χ0n) is 9.89. The van der Waals surface area contributed by atoms with E-state index in [2.05, 4.69) is 9.97 Å². The molecule has 0 atom stereocenters. The molecule has 1 aromatic heterocycles. The van der Waals surface area contributed by atoms with Gasteiger partial charge in [0.1, 0.15) is 16.4 Å². The number of nitrogens with two attached hydrogens (primary N) is 1. The Hall–Kier alpha value is -2.22. The largest absolute Gasteiger partial charge is 0.437 e. The molecule has 0 aliphatic rings. The van der Waals surface area contributed by atoms with Crippen molar-refractivity contribution in [1.82, 2.24) is 9.97 Å². The van der Waals surface area contributed by atoms with E-state index in [1.54, 1.807) is 0 Å². The van der Waals surface area contributed by atoms with Gasteiger partial charge in [0.25, 0.3) is 0 Å². The molecule has 104 valence electrons. The number of hydrogen-bond acceptors (Lipinski definition) is 4. The molecule has 0 saturated heterocycles. The number of benzene rings is 1. The van der Waals surface area contributed by atoms with Crippen LogP contribution >= 0.6 is 12.2 Å². The van der Waals surface area contributed by atoms with Crippen LogP contribution in [0.2, 0.25) is 0 Å². The number of aromatic nitrogens is 2. The second kappa shape index (κ2) is 5.41. The fourth-order valence-electron chi connectivity index (χ4n) is 1.40. The third-order valence-electron chi connectivity index (χ3n) is 2.29. The quantitative estimate of drug-likeness (QED) is 0.883. The second-order valence-electron chi connectivity index (χ2n) is 3.70. The van der Waals surface area contributed by atoms with Gasteiger partial charge in [-0.05, 0) is 12.1 Å². The summed E-state index contributed by atoms with van der Waals surface area (Å²) in [5.41, 5.74) is 4.71. The van der Waals surface area contributed by atoms with Crippen molar-refractivity contribution in [2.24, 2.45) is 5.73 Å². The molecule has 1 heterocycles. The summed E-state index contributed by atoms with van der Waals surface area (Å²) in [6.45, 7) is 0. The number of alkyl halides is 3. The van der Waals surface area contributed by atoms with Crippen molar-refractivity contribution >= 4 is 17.2 Å². The van der Waals surface area contributed by atoms with E-state index in [1.807, 2.05) is 0 Å². The fraction of sp³-hybridized carbons (Fsp3) is 0.0833. The Bertz CT molecular complexity index is 629. The lowest BCUT2D eigenvalue weighted by Gasteiger charge is -2.12. The van der Waals surface area contributed by atoms with Crippen molar-refractivity contribution in [3.05, 3.63) is 47.9 Å². The van der Waals surface area contributed by atoms with Crippen LogP contribution in [0.1, 0.15) is 11.3 Å². The lowest BCUT2D eigenvalue weighted by Crippen LogP contribution is -2.12. The lowest BCUT2D eigenvalue weighted by atomic mass is 10.2. The van der Waals surface area contributed by atoms with Crippen LogP contribution in [0.5, 0.6) is 11.6 Å². The Labute approximate surface area is 117 Å². The SMILES string of the molecule is NC(=S)c1cnc(Oc2ccccc2C(F)(F)F)cn1. The van der Waals surface area contributed by atoms with Gasteiger partial charge in [-0.2, -0.15) is 13.2 Å². The summed E-state index contributed by atoms with van der Waals surface area (Å²) in [7, 11) is 0. The Morgan fingerprint density at radius 3 is 2.40 bits per heavy atom.